The molecular formula is C25H35N5O2. The van der Waals surface area contributed by atoms with Gasteiger partial charge in [0.15, 0.2) is 0 Å². The Balaban J connectivity index is 1.37. The molecule has 2 aromatic heterocycles. The fourth-order valence-electron chi connectivity index (χ4n) is 4.87. The summed E-state index contributed by atoms with van der Waals surface area (Å²) in [6, 6.07) is 4.22. The normalized spacial score (nSPS) is 22.2. The predicted octanol–water partition coefficient (Wildman–Crippen LogP) is 3.95. The first-order valence-corrected chi connectivity index (χ1v) is 11.9. The molecule has 0 spiro atoms. The lowest BCUT2D eigenvalue weighted by molar-refractivity contribution is -0.128. The highest BCUT2D eigenvalue weighted by molar-refractivity contribution is 5.79. The minimum absolute atomic E-state index is 0.0874. The van der Waals surface area contributed by atoms with E-state index in [2.05, 4.69) is 29.0 Å². The minimum atomic E-state index is 0.0874. The van der Waals surface area contributed by atoms with Gasteiger partial charge < -0.3 is 15.0 Å². The SMILES string of the molecule is COC1CCCC(C(=O)NC2CCN(c3ncc(-c4ccncc4)c(C(C)C)n3)CC2)C1. The van der Waals surface area contributed by atoms with E-state index in [1.807, 2.05) is 18.3 Å². The number of carbonyl (C=O) groups excluding carboxylic acids is 1. The van der Waals surface area contributed by atoms with Crippen LogP contribution in [0.2, 0.25) is 0 Å². The van der Waals surface area contributed by atoms with Gasteiger partial charge in [0.25, 0.3) is 0 Å². The van der Waals surface area contributed by atoms with Crippen molar-refractivity contribution < 1.29 is 9.53 Å². The Morgan fingerprint density at radius 1 is 1.16 bits per heavy atom. The van der Waals surface area contributed by atoms with E-state index in [1.54, 1.807) is 19.5 Å². The number of amides is 1. The first kappa shape index (κ1) is 22.6. The summed E-state index contributed by atoms with van der Waals surface area (Å²) in [4.78, 5) is 28.8. The maximum atomic E-state index is 12.8. The number of methoxy groups -OCH3 is 1. The highest BCUT2D eigenvalue weighted by Gasteiger charge is 2.30. The molecule has 3 heterocycles. The van der Waals surface area contributed by atoms with Gasteiger partial charge in [-0.3, -0.25) is 9.78 Å². The molecule has 32 heavy (non-hydrogen) atoms. The molecule has 0 bridgehead atoms. The van der Waals surface area contributed by atoms with E-state index in [0.717, 1.165) is 74.4 Å². The number of rotatable bonds is 6. The molecule has 1 saturated carbocycles. The highest BCUT2D eigenvalue weighted by atomic mass is 16.5. The van der Waals surface area contributed by atoms with E-state index in [-0.39, 0.29) is 24.0 Å². The van der Waals surface area contributed by atoms with Crippen LogP contribution in [-0.4, -0.2) is 53.2 Å². The number of anilines is 1. The number of nitrogens with one attached hydrogen (secondary N) is 1. The third-order valence-corrected chi connectivity index (χ3v) is 6.80. The second-order valence-corrected chi connectivity index (χ2v) is 9.35. The molecule has 0 radical (unpaired) electrons. The number of aromatic nitrogens is 3. The molecule has 2 atom stereocenters. The van der Waals surface area contributed by atoms with Gasteiger partial charge in [-0.1, -0.05) is 20.3 Å². The molecule has 7 nitrogen and oxygen atoms in total. The van der Waals surface area contributed by atoms with Crippen molar-refractivity contribution in [3.63, 3.8) is 0 Å². The van der Waals surface area contributed by atoms with Gasteiger partial charge in [-0.05, 0) is 55.7 Å². The monoisotopic (exact) mass is 437 g/mol. The van der Waals surface area contributed by atoms with Crippen molar-refractivity contribution in [1.82, 2.24) is 20.3 Å². The van der Waals surface area contributed by atoms with E-state index in [4.69, 9.17) is 14.7 Å². The van der Waals surface area contributed by atoms with E-state index < -0.39 is 0 Å². The topological polar surface area (TPSA) is 80.2 Å². The Hall–Kier alpha value is -2.54. The molecule has 1 saturated heterocycles. The molecule has 172 valence electrons. The van der Waals surface area contributed by atoms with Gasteiger partial charge in [0.2, 0.25) is 11.9 Å². The average Bonchev–Trinajstić information content (AvgIpc) is 2.84. The van der Waals surface area contributed by atoms with Crippen molar-refractivity contribution in [1.29, 1.82) is 0 Å². The van der Waals surface area contributed by atoms with Crippen molar-refractivity contribution in [2.75, 3.05) is 25.1 Å². The van der Waals surface area contributed by atoms with Crippen LogP contribution in [0.5, 0.6) is 0 Å². The maximum Gasteiger partial charge on any atom is 0.225 e. The summed E-state index contributed by atoms with van der Waals surface area (Å²) in [5.41, 5.74) is 3.21. The number of hydrogen-bond donors (Lipinski definition) is 1. The van der Waals surface area contributed by atoms with E-state index in [1.165, 1.54) is 0 Å². The molecular weight excluding hydrogens is 402 g/mol. The lowest BCUT2D eigenvalue weighted by Crippen LogP contribution is -2.47. The molecule has 4 rings (SSSR count). The summed E-state index contributed by atoms with van der Waals surface area (Å²) < 4.78 is 5.48. The fraction of sp³-hybridized carbons (Fsp3) is 0.600. The quantitative estimate of drug-likeness (QED) is 0.737. The van der Waals surface area contributed by atoms with Gasteiger partial charge in [0.1, 0.15) is 0 Å². The zero-order valence-corrected chi connectivity index (χ0v) is 19.5. The van der Waals surface area contributed by atoms with Gasteiger partial charge in [-0.2, -0.15) is 0 Å². The highest BCUT2D eigenvalue weighted by Crippen LogP contribution is 2.30. The molecule has 1 aliphatic heterocycles. The number of carbonyl (C=O) groups is 1. The smallest absolute Gasteiger partial charge is 0.225 e. The van der Waals surface area contributed by atoms with Crippen LogP contribution in [0.3, 0.4) is 0 Å². The van der Waals surface area contributed by atoms with Crippen LogP contribution >= 0.6 is 0 Å². The van der Waals surface area contributed by atoms with Crippen LogP contribution in [-0.2, 0) is 9.53 Å². The molecule has 2 aromatic rings. The van der Waals surface area contributed by atoms with Crippen LogP contribution in [0, 0.1) is 5.92 Å². The lowest BCUT2D eigenvalue weighted by atomic mass is 9.86. The van der Waals surface area contributed by atoms with Crippen LogP contribution < -0.4 is 10.2 Å². The zero-order chi connectivity index (χ0) is 22.5. The van der Waals surface area contributed by atoms with Crippen LogP contribution in [0.25, 0.3) is 11.1 Å². The van der Waals surface area contributed by atoms with Gasteiger partial charge >= 0.3 is 0 Å². The van der Waals surface area contributed by atoms with Crippen molar-refractivity contribution in [3.05, 3.63) is 36.4 Å². The molecule has 1 aliphatic carbocycles. The molecule has 2 fully saturated rings. The Kier molecular flexibility index (Phi) is 7.35. The summed E-state index contributed by atoms with van der Waals surface area (Å²) >= 11 is 0. The van der Waals surface area contributed by atoms with Crippen molar-refractivity contribution in [3.8, 4) is 11.1 Å². The lowest BCUT2D eigenvalue weighted by Gasteiger charge is -2.34. The summed E-state index contributed by atoms with van der Waals surface area (Å²) in [5, 5.41) is 3.30. The summed E-state index contributed by atoms with van der Waals surface area (Å²) in [7, 11) is 1.75. The number of ether oxygens (including phenoxy) is 1. The second kappa shape index (κ2) is 10.4. The van der Waals surface area contributed by atoms with Crippen molar-refractivity contribution in [2.24, 2.45) is 5.92 Å². The van der Waals surface area contributed by atoms with Crippen molar-refractivity contribution in [2.45, 2.75) is 70.4 Å². The summed E-state index contributed by atoms with van der Waals surface area (Å²) in [6.07, 6.45) is 11.6. The van der Waals surface area contributed by atoms with E-state index >= 15 is 0 Å². The molecule has 0 aromatic carbocycles. The van der Waals surface area contributed by atoms with E-state index in [0.29, 0.717) is 5.92 Å². The first-order valence-electron chi connectivity index (χ1n) is 11.9. The third-order valence-electron chi connectivity index (χ3n) is 6.80. The van der Waals surface area contributed by atoms with Gasteiger partial charge in [0, 0.05) is 56.3 Å². The zero-order valence-electron chi connectivity index (χ0n) is 19.5. The van der Waals surface area contributed by atoms with Crippen LogP contribution in [0.4, 0.5) is 5.95 Å². The number of hydrogen-bond acceptors (Lipinski definition) is 6. The Morgan fingerprint density at radius 2 is 1.91 bits per heavy atom. The van der Waals surface area contributed by atoms with Crippen LogP contribution in [0.1, 0.15) is 64.0 Å². The third kappa shape index (κ3) is 5.26. The summed E-state index contributed by atoms with van der Waals surface area (Å²) in [6.45, 7) is 6.03. The Labute approximate surface area is 191 Å². The average molecular weight is 438 g/mol. The fourth-order valence-corrected chi connectivity index (χ4v) is 4.87. The number of nitrogens with zero attached hydrogens (tertiary/aromatic N) is 4. The Morgan fingerprint density at radius 3 is 2.59 bits per heavy atom. The molecule has 2 unspecified atom stereocenters. The van der Waals surface area contributed by atoms with E-state index in [9.17, 15) is 4.79 Å². The van der Waals surface area contributed by atoms with Gasteiger partial charge in [0.05, 0.1) is 11.8 Å². The first-order chi connectivity index (χ1) is 15.5. The minimum Gasteiger partial charge on any atom is -0.381 e. The van der Waals surface area contributed by atoms with Gasteiger partial charge in [-0.25, -0.2) is 9.97 Å². The summed E-state index contributed by atoms with van der Waals surface area (Å²) in [5.74, 6) is 1.37. The maximum absolute atomic E-state index is 12.8. The van der Waals surface area contributed by atoms with Crippen LogP contribution in [0.15, 0.2) is 30.7 Å². The van der Waals surface area contributed by atoms with Crippen molar-refractivity contribution >= 4 is 11.9 Å². The molecule has 2 aliphatic rings. The standard InChI is InChI=1S/C25H35N5O2/c1-17(2)23-22(18-7-11-26-12-8-18)16-27-25(29-23)30-13-9-20(10-14-30)28-24(31)19-5-4-6-21(15-19)32-3/h7-8,11-12,16-17,19-21H,4-6,9-10,13-15H2,1-3H3,(H,28,31). The molecule has 1 N–H and O–H groups in total. The largest absolute Gasteiger partial charge is 0.381 e. The Bertz CT molecular complexity index is 896. The second-order valence-electron chi connectivity index (χ2n) is 9.35. The number of piperidine rings is 1. The number of pyridine rings is 1. The molecule has 7 heteroatoms. The predicted molar refractivity (Wildman–Crippen MR) is 125 cm³/mol. The van der Waals surface area contributed by atoms with Gasteiger partial charge in [-0.15, -0.1) is 0 Å². The molecule has 1 amide bonds.